The molecule has 2 unspecified atom stereocenters. The average molecular weight is 959 g/mol. The quantitative estimate of drug-likeness (QED) is 0.0321. The number of carbonyl (C=O) groups excluding carboxylic acids is 2. The molecule has 0 rings (SSSR count). The Hall–Kier alpha value is -1.66. The van der Waals surface area contributed by atoms with Crippen molar-refractivity contribution in [1.82, 2.24) is 5.32 Å². The molecule has 0 aromatic heterocycles. The van der Waals surface area contributed by atoms with Gasteiger partial charge in [0.2, 0.25) is 5.91 Å². The highest BCUT2D eigenvalue weighted by atomic mass is 16.5. The molecular weight excluding hydrogens is 839 g/mol. The van der Waals surface area contributed by atoms with Gasteiger partial charge in [-0.25, -0.2) is 0 Å². The van der Waals surface area contributed by atoms with E-state index in [-0.39, 0.29) is 18.5 Å². The molecule has 6 nitrogen and oxygen atoms in total. The number of rotatable bonds is 57. The molecule has 0 saturated heterocycles. The summed E-state index contributed by atoms with van der Waals surface area (Å²) in [5.74, 6) is -0.110. The Morgan fingerprint density at radius 2 is 0.691 bits per heavy atom. The van der Waals surface area contributed by atoms with Crippen LogP contribution >= 0.6 is 0 Å². The van der Waals surface area contributed by atoms with E-state index in [4.69, 9.17) is 4.74 Å². The summed E-state index contributed by atoms with van der Waals surface area (Å²) in [5, 5.41) is 23.2. The van der Waals surface area contributed by atoms with Crippen molar-refractivity contribution < 1.29 is 24.5 Å². The van der Waals surface area contributed by atoms with Crippen LogP contribution in [-0.2, 0) is 14.3 Å². The van der Waals surface area contributed by atoms with Crippen LogP contribution in [0.1, 0.15) is 335 Å². The van der Waals surface area contributed by atoms with Gasteiger partial charge in [-0.15, -0.1) is 0 Å². The van der Waals surface area contributed by atoms with Crippen LogP contribution in [0.2, 0.25) is 0 Å². The number of hydrogen-bond donors (Lipinski definition) is 3. The van der Waals surface area contributed by atoms with E-state index in [1.54, 1.807) is 6.08 Å². The van der Waals surface area contributed by atoms with Gasteiger partial charge in [0.1, 0.15) is 0 Å². The Balaban J connectivity index is 3.49. The normalized spacial score (nSPS) is 12.7. The fourth-order valence-corrected chi connectivity index (χ4v) is 9.51. The number of allylic oxidation sites excluding steroid dienone is 3. The van der Waals surface area contributed by atoms with Crippen molar-refractivity contribution in [3.8, 4) is 0 Å². The first-order valence-corrected chi connectivity index (χ1v) is 30.6. The summed E-state index contributed by atoms with van der Waals surface area (Å²) in [6.45, 7) is 4.87. The Morgan fingerprint density at radius 3 is 1.04 bits per heavy atom. The second-order valence-electron chi connectivity index (χ2n) is 21.0. The van der Waals surface area contributed by atoms with Crippen molar-refractivity contribution in [1.29, 1.82) is 0 Å². The third-order valence-electron chi connectivity index (χ3n) is 14.2. The molecule has 3 N–H and O–H groups in total. The van der Waals surface area contributed by atoms with Crippen LogP contribution in [0, 0.1) is 0 Å². The van der Waals surface area contributed by atoms with Crippen molar-refractivity contribution in [2.24, 2.45) is 0 Å². The summed E-state index contributed by atoms with van der Waals surface area (Å²) in [5.41, 5.74) is 0. The zero-order chi connectivity index (χ0) is 49.3. The first-order chi connectivity index (χ1) is 33.5. The molecule has 6 heteroatoms. The Morgan fingerprint density at radius 1 is 0.397 bits per heavy atom. The summed E-state index contributed by atoms with van der Waals surface area (Å²) in [4.78, 5) is 24.6. The van der Waals surface area contributed by atoms with E-state index in [0.717, 1.165) is 57.8 Å². The van der Waals surface area contributed by atoms with Crippen LogP contribution < -0.4 is 5.32 Å². The third-order valence-corrected chi connectivity index (χ3v) is 14.2. The minimum atomic E-state index is -0.860. The summed E-state index contributed by atoms with van der Waals surface area (Å²) in [6.07, 6.45) is 70.6. The zero-order valence-electron chi connectivity index (χ0n) is 45.9. The number of aliphatic hydroxyl groups excluding tert-OH is 2. The summed E-state index contributed by atoms with van der Waals surface area (Å²) in [7, 11) is 0. The van der Waals surface area contributed by atoms with E-state index in [1.165, 1.54) is 250 Å². The molecule has 0 spiro atoms. The Labute approximate surface area is 424 Å². The second-order valence-corrected chi connectivity index (χ2v) is 21.0. The fraction of sp³-hybridized carbons (Fsp3) is 0.903. The van der Waals surface area contributed by atoms with Crippen LogP contribution in [0.15, 0.2) is 24.3 Å². The zero-order valence-corrected chi connectivity index (χ0v) is 45.9. The Bertz CT molecular complexity index is 1060. The van der Waals surface area contributed by atoms with E-state index < -0.39 is 12.1 Å². The second kappa shape index (κ2) is 57.9. The van der Waals surface area contributed by atoms with Crippen molar-refractivity contribution in [2.45, 2.75) is 347 Å². The van der Waals surface area contributed by atoms with E-state index in [0.29, 0.717) is 19.4 Å². The van der Waals surface area contributed by atoms with E-state index >= 15 is 0 Å². The summed E-state index contributed by atoms with van der Waals surface area (Å²) >= 11 is 0. The molecule has 0 aliphatic heterocycles. The van der Waals surface area contributed by atoms with Gasteiger partial charge in [-0.2, -0.15) is 0 Å². The molecule has 0 radical (unpaired) electrons. The molecule has 0 aliphatic rings. The molecule has 0 heterocycles. The maximum atomic E-state index is 12.5. The highest BCUT2D eigenvalue weighted by Gasteiger charge is 2.18. The van der Waals surface area contributed by atoms with Crippen LogP contribution in [0.3, 0.4) is 0 Å². The first kappa shape index (κ1) is 66.3. The van der Waals surface area contributed by atoms with E-state index in [2.05, 4.69) is 31.3 Å². The molecule has 0 bridgehead atoms. The number of nitrogens with one attached hydrogen (secondary N) is 1. The standard InChI is InChI=1S/C62H119NO5/c1-3-5-7-9-11-13-15-17-19-21-23-24-25-26-27-28-30-32-34-38-42-46-50-54-60(65)59(58-64)63-61(66)55-51-47-43-39-36-37-41-45-49-53-57-68-62(67)56-52-48-44-40-35-33-31-29-22-20-18-16-14-12-10-8-6-4-2/h20,22,50,54,59-60,64-65H,3-19,21,23-49,51-53,55-58H2,1-2H3,(H,63,66)/b22-20-,54-50+. The number of unbranched alkanes of at least 4 members (excludes halogenated alkanes) is 44. The highest BCUT2D eigenvalue weighted by molar-refractivity contribution is 5.76. The molecule has 0 aliphatic carbocycles. The Kier molecular flexibility index (Phi) is 56.5. The lowest BCUT2D eigenvalue weighted by Gasteiger charge is -2.20. The maximum Gasteiger partial charge on any atom is 0.305 e. The number of ether oxygens (including phenoxy) is 1. The van der Waals surface area contributed by atoms with Gasteiger partial charge >= 0.3 is 5.97 Å². The molecule has 68 heavy (non-hydrogen) atoms. The molecular formula is C62H119NO5. The molecule has 0 aromatic rings. The number of esters is 1. The average Bonchev–Trinajstić information content (AvgIpc) is 3.34. The fourth-order valence-electron chi connectivity index (χ4n) is 9.51. The highest BCUT2D eigenvalue weighted by Crippen LogP contribution is 2.17. The lowest BCUT2D eigenvalue weighted by Crippen LogP contribution is -2.45. The minimum absolute atomic E-state index is 0.0228. The van der Waals surface area contributed by atoms with Gasteiger partial charge in [0.15, 0.2) is 0 Å². The summed E-state index contributed by atoms with van der Waals surface area (Å²) < 4.78 is 5.47. The van der Waals surface area contributed by atoms with Gasteiger partial charge in [-0.3, -0.25) is 9.59 Å². The smallest absolute Gasteiger partial charge is 0.305 e. The third kappa shape index (κ3) is 53.7. The van der Waals surface area contributed by atoms with Gasteiger partial charge in [0, 0.05) is 12.8 Å². The predicted octanol–water partition coefficient (Wildman–Crippen LogP) is 19.0. The minimum Gasteiger partial charge on any atom is -0.466 e. The molecule has 0 fully saturated rings. The van der Waals surface area contributed by atoms with Crippen molar-refractivity contribution in [3.05, 3.63) is 24.3 Å². The molecule has 402 valence electrons. The van der Waals surface area contributed by atoms with Crippen LogP contribution in [0.5, 0.6) is 0 Å². The monoisotopic (exact) mass is 958 g/mol. The SMILES string of the molecule is CCCCCCCCC/C=C\CCCCCCCCCC(=O)OCCCCCCCCCCCCC(=O)NC(CO)C(O)/C=C/CCCCCCCCCCCCCCCCCCCCCCC. The van der Waals surface area contributed by atoms with Crippen LogP contribution in [0.4, 0.5) is 0 Å². The molecule has 0 saturated carbocycles. The molecule has 1 amide bonds. The van der Waals surface area contributed by atoms with Crippen molar-refractivity contribution in [3.63, 3.8) is 0 Å². The van der Waals surface area contributed by atoms with Crippen molar-refractivity contribution >= 4 is 11.9 Å². The lowest BCUT2D eigenvalue weighted by molar-refractivity contribution is -0.143. The number of amides is 1. The van der Waals surface area contributed by atoms with E-state index in [1.807, 2.05) is 6.08 Å². The maximum absolute atomic E-state index is 12.5. The molecule has 0 aromatic carbocycles. The van der Waals surface area contributed by atoms with Crippen LogP contribution in [0.25, 0.3) is 0 Å². The van der Waals surface area contributed by atoms with E-state index in [9.17, 15) is 19.8 Å². The van der Waals surface area contributed by atoms with Gasteiger partial charge in [0.25, 0.3) is 0 Å². The van der Waals surface area contributed by atoms with Gasteiger partial charge in [0.05, 0.1) is 25.4 Å². The summed E-state index contributed by atoms with van der Waals surface area (Å²) in [6, 6.07) is -0.646. The topological polar surface area (TPSA) is 95.9 Å². The first-order valence-electron chi connectivity index (χ1n) is 30.6. The largest absolute Gasteiger partial charge is 0.466 e. The predicted molar refractivity (Wildman–Crippen MR) is 296 cm³/mol. The van der Waals surface area contributed by atoms with Gasteiger partial charge in [-0.05, 0) is 57.8 Å². The number of hydrogen-bond acceptors (Lipinski definition) is 5. The lowest BCUT2D eigenvalue weighted by atomic mass is 10.0. The van der Waals surface area contributed by atoms with Gasteiger partial charge in [-0.1, -0.05) is 289 Å². The van der Waals surface area contributed by atoms with Gasteiger partial charge < -0.3 is 20.3 Å². The molecule has 2 atom stereocenters. The van der Waals surface area contributed by atoms with Crippen molar-refractivity contribution in [2.75, 3.05) is 13.2 Å². The number of aliphatic hydroxyl groups is 2. The number of carbonyl (C=O) groups is 2. The van der Waals surface area contributed by atoms with Crippen LogP contribution in [-0.4, -0.2) is 47.4 Å².